The van der Waals surface area contributed by atoms with E-state index in [0.29, 0.717) is 0 Å². The van der Waals surface area contributed by atoms with Crippen molar-refractivity contribution in [2.75, 3.05) is 9.80 Å². The Kier molecular flexibility index (Phi) is 11.2. The molecule has 12 aromatic carbocycles. The summed E-state index contributed by atoms with van der Waals surface area (Å²) in [6.45, 7) is 9.69. The molecule has 15 rings (SSSR count). The first kappa shape index (κ1) is 48.2. The molecule has 1 aromatic heterocycles. The molecule has 2 aliphatic heterocycles. The molecule has 81 heavy (non-hydrogen) atoms. The first-order valence-electron chi connectivity index (χ1n) is 28.2. The van der Waals surface area contributed by atoms with E-state index in [1.807, 2.05) is 12.1 Å². The zero-order valence-electron chi connectivity index (χ0n) is 45.9. The van der Waals surface area contributed by atoms with E-state index in [0.717, 1.165) is 55.7 Å². The predicted molar refractivity (Wildman–Crippen MR) is 340 cm³/mol. The molecule has 0 saturated heterocycles. The van der Waals surface area contributed by atoms with Crippen molar-refractivity contribution in [3.05, 3.63) is 301 Å². The molecule has 0 aliphatic carbocycles. The van der Waals surface area contributed by atoms with E-state index in [2.05, 4.69) is 304 Å². The molecular formula is C78H58N2O. The Hall–Kier alpha value is -9.96. The van der Waals surface area contributed by atoms with Crippen LogP contribution in [0.25, 0.3) is 88.7 Å². The summed E-state index contributed by atoms with van der Waals surface area (Å²) in [6, 6.07) is 102. The zero-order valence-corrected chi connectivity index (χ0v) is 45.9. The lowest BCUT2D eigenvalue weighted by molar-refractivity contribution is 0.598. The van der Waals surface area contributed by atoms with Gasteiger partial charge in [0.15, 0.2) is 0 Å². The minimum atomic E-state index is -0.292. The Morgan fingerprint density at radius 1 is 0.296 bits per heavy atom. The number of hydrogen-bond donors (Lipinski definition) is 0. The van der Waals surface area contributed by atoms with Gasteiger partial charge >= 0.3 is 0 Å². The average molecular weight is 1040 g/mol. The third-order valence-corrected chi connectivity index (χ3v) is 17.5. The van der Waals surface area contributed by atoms with Crippen molar-refractivity contribution >= 4 is 56.1 Å². The number of para-hydroxylation sites is 2. The fourth-order valence-electron chi connectivity index (χ4n) is 13.0. The average Bonchev–Trinajstić information content (AvgIpc) is 3.71. The third-order valence-electron chi connectivity index (χ3n) is 17.5. The van der Waals surface area contributed by atoms with Crippen LogP contribution in [0.1, 0.15) is 49.9 Å². The maximum absolute atomic E-state index is 6.47. The number of anilines is 6. The van der Waals surface area contributed by atoms with Crippen LogP contribution >= 0.6 is 0 Å². The lowest BCUT2D eigenvalue weighted by Crippen LogP contribution is -2.38. The van der Waals surface area contributed by atoms with Crippen molar-refractivity contribution in [2.45, 2.75) is 38.5 Å². The van der Waals surface area contributed by atoms with Crippen LogP contribution < -0.4 is 9.80 Å². The number of furan rings is 1. The molecule has 0 atom stereocenters. The van der Waals surface area contributed by atoms with Crippen LogP contribution in [0.15, 0.2) is 283 Å². The summed E-state index contributed by atoms with van der Waals surface area (Å²) in [7, 11) is 0. The van der Waals surface area contributed by atoms with Crippen LogP contribution in [-0.4, -0.2) is 0 Å². The van der Waals surface area contributed by atoms with Crippen LogP contribution in [0, 0.1) is 0 Å². The molecule has 386 valence electrons. The quantitative estimate of drug-likeness (QED) is 0.144. The van der Waals surface area contributed by atoms with E-state index in [-0.39, 0.29) is 10.8 Å². The van der Waals surface area contributed by atoms with Crippen molar-refractivity contribution in [1.82, 2.24) is 0 Å². The highest BCUT2D eigenvalue weighted by Gasteiger charge is 2.46. The van der Waals surface area contributed by atoms with Crippen molar-refractivity contribution in [3.63, 3.8) is 0 Å². The van der Waals surface area contributed by atoms with Crippen LogP contribution in [-0.2, 0) is 10.8 Å². The van der Waals surface area contributed by atoms with Crippen molar-refractivity contribution < 1.29 is 4.42 Å². The van der Waals surface area contributed by atoms with Crippen LogP contribution in [0.3, 0.4) is 0 Å². The Morgan fingerprint density at radius 3 is 1.14 bits per heavy atom. The summed E-state index contributed by atoms with van der Waals surface area (Å²) in [4.78, 5) is 4.92. The standard InChI is InChI=1S/C78H58N2O/c1-77(2)68-47-59(52-19-10-6-11-20-52)37-45-72(68)80-73-46-38-60(53-21-12-7-13-22-53)48-69(73)78(3,4)71-50-61(49-70(77)75(71)80)57-29-27-54(28-30-57)56-33-41-63(42-34-56)79(62-39-31-55(32-40-62)51-17-8-5-9-18-51)64-43-35-58(36-44-64)65-24-16-25-67-66-23-14-15-26-74(66)81-76(65)67/h5-50H,1-4H3. The molecule has 2 aliphatic rings. The summed E-state index contributed by atoms with van der Waals surface area (Å²) in [5.74, 6) is 0. The van der Waals surface area contributed by atoms with Gasteiger partial charge in [-0.05, 0) is 162 Å². The van der Waals surface area contributed by atoms with Gasteiger partial charge in [-0.25, -0.2) is 0 Å². The maximum Gasteiger partial charge on any atom is 0.143 e. The van der Waals surface area contributed by atoms with Gasteiger partial charge in [0, 0.05) is 44.2 Å². The number of nitrogens with zero attached hydrogens (tertiary/aromatic N) is 2. The summed E-state index contributed by atoms with van der Waals surface area (Å²) in [5, 5.41) is 2.26. The van der Waals surface area contributed by atoms with Crippen LogP contribution in [0.5, 0.6) is 0 Å². The molecule has 0 fully saturated rings. The lowest BCUT2D eigenvalue weighted by Gasteiger charge is -2.50. The van der Waals surface area contributed by atoms with Gasteiger partial charge in [0.05, 0.1) is 17.1 Å². The predicted octanol–water partition coefficient (Wildman–Crippen LogP) is 21.8. The van der Waals surface area contributed by atoms with Gasteiger partial charge in [-0.2, -0.15) is 0 Å². The second-order valence-corrected chi connectivity index (χ2v) is 22.9. The number of rotatable bonds is 9. The SMILES string of the molecule is CC1(C)c2cc(-c3ccccc3)ccc2N2c3ccc(-c4ccccc4)cc3C(C)(C)c3cc(-c4ccc(-c5ccc(N(c6ccc(-c7ccccc7)cc6)c6ccc(-c7cccc8c7oc7ccccc78)cc6)cc5)cc4)cc1c32. The fraction of sp³-hybridized carbons (Fsp3) is 0.0769. The zero-order chi connectivity index (χ0) is 54.4. The highest BCUT2D eigenvalue weighted by atomic mass is 16.3. The molecule has 3 nitrogen and oxygen atoms in total. The summed E-state index contributed by atoms with van der Waals surface area (Å²) in [6.07, 6.45) is 0. The molecule has 0 unspecified atom stereocenters. The molecule has 0 amide bonds. The molecule has 3 heterocycles. The van der Waals surface area contributed by atoms with E-state index in [1.165, 1.54) is 89.4 Å². The molecule has 0 radical (unpaired) electrons. The summed E-state index contributed by atoms with van der Waals surface area (Å²) < 4.78 is 6.47. The molecule has 3 heteroatoms. The van der Waals surface area contributed by atoms with Gasteiger partial charge in [0.1, 0.15) is 11.2 Å². The highest BCUT2D eigenvalue weighted by molar-refractivity contribution is 6.09. The first-order valence-corrected chi connectivity index (χ1v) is 28.2. The Morgan fingerprint density at radius 2 is 0.654 bits per heavy atom. The smallest absolute Gasteiger partial charge is 0.143 e. The van der Waals surface area contributed by atoms with Crippen molar-refractivity contribution in [2.24, 2.45) is 0 Å². The van der Waals surface area contributed by atoms with E-state index < -0.39 is 0 Å². The third kappa shape index (κ3) is 8.02. The number of benzene rings is 12. The van der Waals surface area contributed by atoms with Gasteiger partial charge in [0.2, 0.25) is 0 Å². The molecule has 13 aromatic rings. The fourth-order valence-corrected chi connectivity index (χ4v) is 13.0. The highest BCUT2D eigenvalue weighted by Crippen LogP contribution is 2.61. The number of fused-ring (bicyclic) bond motifs is 7. The van der Waals surface area contributed by atoms with Crippen LogP contribution in [0.2, 0.25) is 0 Å². The van der Waals surface area contributed by atoms with Gasteiger partial charge in [0.25, 0.3) is 0 Å². The van der Waals surface area contributed by atoms with Gasteiger partial charge in [-0.3, -0.25) is 0 Å². The second-order valence-electron chi connectivity index (χ2n) is 22.9. The topological polar surface area (TPSA) is 19.6 Å². The van der Waals surface area contributed by atoms with Gasteiger partial charge in [-0.15, -0.1) is 0 Å². The van der Waals surface area contributed by atoms with E-state index in [1.54, 1.807) is 0 Å². The van der Waals surface area contributed by atoms with E-state index >= 15 is 0 Å². The molecular weight excluding hydrogens is 981 g/mol. The van der Waals surface area contributed by atoms with Gasteiger partial charge < -0.3 is 14.2 Å². The minimum absolute atomic E-state index is 0.292. The monoisotopic (exact) mass is 1040 g/mol. The molecule has 0 bridgehead atoms. The van der Waals surface area contributed by atoms with Crippen LogP contribution in [0.4, 0.5) is 34.1 Å². The second kappa shape index (κ2) is 18.9. The minimum Gasteiger partial charge on any atom is -0.455 e. The lowest BCUT2D eigenvalue weighted by atomic mass is 9.65. The first-order chi connectivity index (χ1) is 39.7. The largest absolute Gasteiger partial charge is 0.455 e. The molecule has 0 N–H and O–H groups in total. The molecule has 0 saturated carbocycles. The number of hydrogen-bond acceptors (Lipinski definition) is 3. The van der Waals surface area contributed by atoms with Crippen molar-refractivity contribution in [3.8, 4) is 66.8 Å². The van der Waals surface area contributed by atoms with E-state index in [9.17, 15) is 0 Å². The molecule has 0 spiro atoms. The normalized spacial score (nSPS) is 13.6. The van der Waals surface area contributed by atoms with E-state index in [4.69, 9.17) is 4.42 Å². The summed E-state index contributed by atoms with van der Waals surface area (Å²) in [5.41, 5.74) is 27.8. The maximum atomic E-state index is 6.47. The Bertz CT molecular complexity index is 4390. The van der Waals surface area contributed by atoms with Crippen molar-refractivity contribution in [1.29, 1.82) is 0 Å². The summed E-state index contributed by atoms with van der Waals surface area (Å²) >= 11 is 0. The van der Waals surface area contributed by atoms with Gasteiger partial charge in [-0.1, -0.05) is 228 Å². The Labute approximate surface area is 474 Å². The Balaban J connectivity index is 0.790.